The van der Waals surface area contributed by atoms with Crippen molar-refractivity contribution in [2.45, 2.75) is 32.9 Å². The predicted octanol–water partition coefficient (Wildman–Crippen LogP) is 4.80. The molecule has 162 valence electrons. The summed E-state index contributed by atoms with van der Waals surface area (Å²) < 4.78 is 5.65. The number of carbonyl (C=O) groups is 2. The molecule has 6 nitrogen and oxygen atoms in total. The minimum Gasteiger partial charge on any atom is -0.507 e. The molecule has 3 aromatic rings. The second-order valence-corrected chi connectivity index (χ2v) is 7.95. The number of amides is 1. The fraction of sp³-hybridized carbons (Fsp3) is 0.192. The zero-order valence-electron chi connectivity index (χ0n) is 18.1. The van der Waals surface area contributed by atoms with E-state index in [0.717, 1.165) is 5.56 Å². The maximum absolute atomic E-state index is 13.1. The lowest BCUT2D eigenvalue weighted by molar-refractivity contribution is -0.132. The standard InChI is InChI=1S/C26H24N2O4/c1-16(2)32-20-12-10-18(11-13-20)24(29)22-23(21-9-4-5-14-27-21)28(26(31)25(22)30)19-8-6-7-17(3)15-19/h4-16,23,29H,1-3H3/b24-22+. The van der Waals surface area contributed by atoms with Gasteiger partial charge in [0.25, 0.3) is 11.7 Å². The number of aromatic nitrogens is 1. The average Bonchev–Trinajstić information content (AvgIpc) is 3.05. The number of benzene rings is 2. The van der Waals surface area contributed by atoms with E-state index in [1.54, 1.807) is 54.7 Å². The van der Waals surface area contributed by atoms with Gasteiger partial charge < -0.3 is 9.84 Å². The highest BCUT2D eigenvalue weighted by molar-refractivity contribution is 6.51. The van der Waals surface area contributed by atoms with Crippen LogP contribution in [0.5, 0.6) is 5.75 Å². The molecule has 6 heteroatoms. The van der Waals surface area contributed by atoms with Gasteiger partial charge >= 0.3 is 0 Å². The summed E-state index contributed by atoms with van der Waals surface area (Å²) in [6.07, 6.45) is 1.61. The first kappa shape index (κ1) is 21.3. The molecule has 1 fully saturated rings. The summed E-state index contributed by atoms with van der Waals surface area (Å²) in [5.41, 5.74) is 2.44. The molecule has 1 unspecified atom stereocenters. The van der Waals surface area contributed by atoms with Crippen molar-refractivity contribution >= 4 is 23.1 Å². The number of aliphatic hydroxyl groups excluding tert-OH is 1. The molecule has 0 aliphatic carbocycles. The minimum atomic E-state index is -0.843. The number of aliphatic hydroxyl groups is 1. The lowest BCUT2D eigenvalue weighted by atomic mass is 9.98. The van der Waals surface area contributed by atoms with Crippen molar-refractivity contribution in [1.82, 2.24) is 4.98 Å². The summed E-state index contributed by atoms with van der Waals surface area (Å²) in [5, 5.41) is 11.1. The van der Waals surface area contributed by atoms with Gasteiger partial charge in [0.15, 0.2) is 0 Å². The van der Waals surface area contributed by atoms with Crippen molar-refractivity contribution < 1.29 is 19.4 Å². The predicted molar refractivity (Wildman–Crippen MR) is 122 cm³/mol. The third-order valence-electron chi connectivity index (χ3n) is 5.19. The van der Waals surface area contributed by atoms with Crippen LogP contribution in [-0.4, -0.2) is 27.9 Å². The van der Waals surface area contributed by atoms with Gasteiger partial charge in [0.1, 0.15) is 17.6 Å². The fourth-order valence-electron chi connectivity index (χ4n) is 3.81. The Morgan fingerprint density at radius 2 is 1.78 bits per heavy atom. The van der Waals surface area contributed by atoms with Gasteiger partial charge in [-0.15, -0.1) is 0 Å². The Bertz CT molecular complexity index is 1180. The number of ether oxygens (including phenoxy) is 1. The Morgan fingerprint density at radius 1 is 1.03 bits per heavy atom. The van der Waals surface area contributed by atoms with Gasteiger partial charge in [-0.3, -0.25) is 19.5 Å². The van der Waals surface area contributed by atoms with Crippen molar-refractivity contribution in [3.05, 3.63) is 95.3 Å². The largest absolute Gasteiger partial charge is 0.507 e. The van der Waals surface area contributed by atoms with E-state index in [1.165, 1.54) is 4.90 Å². The minimum absolute atomic E-state index is 0.00716. The Balaban J connectivity index is 1.85. The van der Waals surface area contributed by atoms with Crippen LogP contribution in [0.2, 0.25) is 0 Å². The van der Waals surface area contributed by atoms with E-state index in [-0.39, 0.29) is 17.4 Å². The first-order chi connectivity index (χ1) is 15.4. The normalized spacial score (nSPS) is 17.8. The van der Waals surface area contributed by atoms with Crippen molar-refractivity contribution in [1.29, 1.82) is 0 Å². The van der Waals surface area contributed by atoms with Gasteiger partial charge in [-0.25, -0.2) is 0 Å². The molecule has 1 atom stereocenters. The Kier molecular flexibility index (Phi) is 5.77. The van der Waals surface area contributed by atoms with Crippen LogP contribution in [0.25, 0.3) is 5.76 Å². The maximum atomic E-state index is 13.1. The van der Waals surface area contributed by atoms with E-state index in [9.17, 15) is 14.7 Å². The molecule has 2 aromatic carbocycles. The molecule has 2 heterocycles. The van der Waals surface area contributed by atoms with Gasteiger partial charge in [-0.2, -0.15) is 0 Å². The van der Waals surface area contributed by atoms with E-state index in [2.05, 4.69) is 4.98 Å². The Morgan fingerprint density at radius 3 is 2.41 bits per heavy atom. The lowest BCUT2D eigenvalue weighted by Crippen LogP contribution is -2.29. The van der Waals surface area contributed by atoms with Gasteiger partial charge in [0.2, 0.25) is 0 Å². The molecule has 1 saturated heterocycles. The van der Waals surface area contributed by atoms with E-state index < -0.39 is 17.7 Å². The SMILES string of the molecule is Cc1cccc(N2C(=O)C(=O)/C(=C(/O)c3ccc(OC(C)C)cc3)C2c2ccccn2)c1. The zero-order valence-corrected chi connectivity index (χ0v) is 18.1. The summed E-state index contributed by atoms with van der Waals surface area (Å²) in [4.78, 5) is 32.0. The number of hydrogen-bond acceptors (Lipinski definition) is 5. The maximum Gasteiger partial charge on any atom is 0.300 e. The fourth-order valence-corrected chi connectivity index (χ4v) is 3.81. The Labute approximate surface area is 186 Å². The summed E-state index contributed by atoms with van der Waals surface area (Å²) in [6, 6.07) is 18.6. The number of carbonyl (C=O) groups excluding carboxylic acids is 2. The molecule has 32 heavy (non-hydrogen) atoms. The molecule has 1 N–H and O–H groups in total. The third-order valence-corrected chi connectivity index (χ3v) is 5.19. The number of Topliss-reactive ketones (excluding diaryl/α,β-unsaturated/α-hetero) is 1. The number of rotatable bonds is 5. The quantitative estimate of drug-likeness (QED) is 0.359. The van der Waals surface area contributed by atoms with Crippen molar-refractivity contribution in [3.8, 4) is 5.75 Å². The van der Waals surface area contributed by atoms with Crippen LogP contribution < -0.4 is 9.64 Å². The molecule has 1 aromatic heterocycles. The van der Waals surface area contributed by atoms with Gasteiger partial charge in [0.05, 0.1) is 17.4 Å². The summed E-state index contributed by atoms with van der Waals surface area (Å²) >= 11 is 0. The monoisotopic (exact) mass is 428 g/mol. The Hall–Kier alpha value is -3.93. The zero-order chi connectivity index (χ0) is 22.8. The molecule has 4 rings (SSSR count). The smallest absolute Gasteiger partial charge is 0.300 e. The molecular formula is C26H24N2O4. The topological polar surface area (TPSA) is 79.7 Å². The number of aryl methyl sites for hydroxylation is 1. The summed E-state index contributed by atoms with van der Waals surface area (Å²) in [5.74, 6) is -1.04. The highest BCUT2D eigenvalue weighted by Gasteiger charge is 2.47. The highest BCUT2D eigenvalue weighted by Crippen LogP contribution is 2.41. The highest BCUT2D eigenvalue weighted by atomic mass is 16.5. The van der Waals surface area contributed by atoms with Gasteiger partial charge in [-0.1, -0.05) is 18.2 Å². The number of anilines is 1. The molecule has 0 bridgehead atoms. The van der Waals surface area contributed by atoms with E-state index in [1.807, 2.05) is 39.0 Å². The molecule has 1 aliphatic rings. The lowest BCUT2D eigenvalue weighted by Gasteiger charge is -2.24. The number of hydrogen-bond donors (Lipinski definition) is 1. The molecule has 1 amide bonds. The van der Waals surface area contributed by atoms with E-state index >= 15 is 0 Å². The van der Waals surface area contributed by atoms with Crippen LogP contribution in [0.3, 0.4) is 0 Å². The number of nitrogens with zero attached hydrogens (tertiary/aromatic N) is 2. The molecule has 0 radical (unpaired) electrons. The van der Waals surface area contributed by atoms with Gasteiger partial charge in [-0.05, 0) is 74.9 Å². The summed E-state index contributed by atoms with van der Waals surface area (Å²) in [7, 11) is 0. The van der Waals surface area contributed by atoms with Crippen LogP contribution in [-0.2, 0) is 9.59 Å². The first-order valence-electron chi connectivity index (χ1n) is 10.4. The van der Waals surface area contributed by atoms with Crippen molar-refractivity contribution in [2.75, 3.05) is 4.90 Å². The van der Waals surface area contributed by atoms with Crippen LogP contribution in [0, 0.1) is 6.92 Å². The van der Waals surface area contributed by atoms with E-state index in [0.29, 0.717) is 22.7 Å². The van der Waals surface area contributed by atoms with Crippen molar-refractivity contribution in [3.63, 3.8) is 0 Å². The number of pyridine rings is 1. The van der Waals surface area contributed by atoms with Crippen LogP contribution in [0.1, 0.15) is 36.7 Å². The van der Waals surface area contributed by atoms with Crippen molar-refractivity contribution in [2.24, 2.45) is 0 Å². The average molecular weight is 428 g/mol. The summed E-state index contributed by atoms with van der Waals surface area (Å²) in [6.45, 7) is 5.76. The third kappa shape index (κ3) is 3.99. The molecule has 1 aliphatic heterocycles. The first-order valence-corrected chi connectivity index (χ1v) is 10.4. The molecule has 0 saturated carbocycles. The van der Waals surface area contributed by atoms with Crippen LogP contribution >= 0.6 is 0 Å². The number of ketones is 1. The molecular weight excluding hydrogens is 404 g/mol. The van der Waals surface area contributed by atoms with E-state index in [4.69, 9.17) is 4.74 Å². The second kappa shape index (κ2) is 8.67. The van der Waals surface area contributed by atoms with Crippen LogP contribution in [0.4, 0.5) is 5.69 Å². The second-order valence-electron chi connectivity index (χ2n) is 7.95. The van der Waals surface area contributed by atoms with Gasteiger partial charge in [0, 0.05) is 17.4 Å². The molecule has 0 spiro atoms. The van der Waals surface area contributed by atoms with Crippen LogP contribution in [0.15, 0.2) is 78.5 Å².